The molecular weight excluding hydrogens is 136 g/mol. The van der Waals surface area contributed by atoms with E-state index in [1.54, 1.807) is 6.20 Å². The van der Waals surface area contributed by atoms with Gasteiger partial charge < -0.3 is 5.73 Å². The van der Waals surface area contributed by atoms with Crippen molar-refractivity contribution in [3.05, 3.63) is 29.6 Å². The summed E-state index contributed by atoms with van der Waals surface area (Å²) in [5.41, 5.74) is 8.26. The number of hydrogen-bond donors (Lipinski definition) is 1. The Labute approximate surface area is 67.5 Å². The summed E-state index contributed by atoms with van der Waals surface area (Å²) in [4.78, 5) is 4.01. The summed E-state index contributed by atoms with van der Waals surface area (Å²) in [7, 11) is 0. The molecule has 0 radical (unpaired) electrons. The van der Waals surface area contributed by atoms with E-state index in [1.807, 2.05) is 19.2 Å². The molecule has 2 N–H and O–H groups in total. The minimum atomic E-state index is 0.165. The third-order valence-electron chi connectivity index (χ3n) is 1.90. The zero-order valence-corrected chi connectivity index (χ0v) is 7.04. The van der Waals surface area contributed by atoms with Crippen molar-refractivity contribution in [2.24, 2.45) is 5.73 Å². The Kier molecular flexibility index (Phi) is 2.60. The summed E-state index contributed by atoms with van der Waals surface area (Å²) < 4.78 is 0. The van der Waals surface area contributed by atoms with E-state index in [4.69, 9.17) is 5.73 Å². The molecule has 0 unspecified atom stereocenters. The Balaban J connectivity index is 2.93. The molecule has 0 aliphatic heterocycles. The van der Waals surface area contributed by atoms with Crippen molar-refractivity contribution in [1.82, 2.24) is 4.98 Å². The molecule has 0 bridgehead atoms. The van der Waals surface area contributed by atoms with Crippen LogP contribution in [0, 0.1) is 6.92 Å². The molecule has 1 atom stereocenters. The highest BCUT2D eigenvalue weighted by Crippen LogP contribution is 2.15. The summed E-state index contributed by atoms with van der Waals surface area (Å²) in [5, 5.41) is 0. The lowest BCUT2D eigenvalue weighted by Gasteiger charge is -2.10. The number of rotatable bonds is 2. The Hall–Kier alpha value is -0.890. The Morgan fingerprint density at radius 2 is 2.36 bits per heavy atom. The molecular formula is C9H14N2. The van der Waals surface area contributed by atoms with E-state index in [9.17, 15) is 0 Å². The largest absolute Gasteiger partial charge is 0.324 e. The highest BCUT2D eigenvalue weighted by atomic mass is 14.7. The Bertz CT molecular complexity index is 233. The van der Waals surface area contributed by atoms with Gasteiger partial charge in [0.1, 0.15) is 0 Å². The summed E-state index contributed by atoms with van der Waals surface area (Å²) in [6.45, 7) is 4.13. The molecule has 1 aromatic rings. The van der Waals surface area contributed by atoms with Gasteiger partial charge in [-0.15, -0.1) is 0 Å². The number of nitrogens with zero attached hydrogens (tertiary/aromatic N) is 1. The molecule has 0 amide bonds. The van der Waals surface area contributed by atoms with Crippen LogP contribution < -0.4 is 5.73 Å². The third kappa shape index (κ3) is 1.77. The first kappa shape index (κ1) is 8.21. The van der Waals surface area contributed by atoms with Gasteiger partial charge in [0.25, 0.3) is 0 Å². The number of hydrogen-bond acceptors (Lipinski definition) is 2. The first-order valence-electron chi connectivity index (χ1n) is 3.91. The van der Waals surface area contributed by atoms with Crippen molar-refractivity contribution in [2.75, 3.05) is 0 Å². The molecule has 0 aliphatic carbocycles. The standard InChI is InChI=1S/C9H14N2/c1-3-9(10)8-4-5-11-6-7(8)2/h4-6,9H,3,10H2,1-2H3/t9-/m0/s1. The van der Waals surface area contributed by atoms with Crippen LogP contribution >= 0.6 is 0 Å². The van der Waals surface area contributed by atoms with Crippen LogP contribution in [0.15, 0.2) is 18.5 Å². The van der Waals surface area contributed by atoms with Crippen molar-refractivity contribution in [3.63, 3.8) is 0 Å². The number of pyridine rings is 1. The fraction of sp³-hybridized carbons (Fsp3) is 0.444. The summed E-state index contributed by atoms with van der Waals surface area (Å²) in [5.74, 6) is 0. The van der Waals surface area contributed by atoms with Crippen LogP contribution in [0.3, 0.4) is 0 Å². The second-order valence-corrected chi connectivity index (χ2v) is 2.75. The van der Waals surface area contributed by atoms with Crippen LogP contribution in [0.25, 0.3) is 0 Å². The van der Waals surface area contributed by atoms with E-state index in [0.29, 0.717) is 0 Å². The van der Waals surface area contributed by atoms with Crippen molar-refractivity contribution >= 4 is 0 Å². The van der Waals surface area contributed by atoms with Crippen LogP contribution in [-0.4, -0.2) is 4.98 Å². The van der Waals surface area contributed by atoms with Crippen LogP contribution in [0.5, 0.6) is 0 Å². The zero-order chi connectivity index (χ0) is 8.27. The minimum absolute atomic E-state index is 0.165. The minimum Gasteiger partial charge on any atom is -0.324 e. The predicted molar refractivity (Wildman–Crippen MR) is 46.2 cm³/mol. The van der Waals surface area contributed by atoms with E-state index in [2.05, 4.69) is 11.9 Å². The highest BCUT2D eigenvalue weighted by molar-refractivity contribution is 5.24. The van der Waals surface area contributed by atoms with Gasteiger partial charge in [-0.3, -0.25) is 4.98 Å². The Morgan fingerprint density at radius 3 is 2.91 bits per heavy atom. The first-order chi connectivity index (χ1) is 5.25. The molecule has 0 aromatic carbocycles. The van der Waals surface area contributed by atoms with Crippen molar-refractivity contribution < 1.29 is 0 Å². The fourth-order valence-corrected chi connectivity index (χ4v) is 1.12. The molecule has 1 aromatic heterocycles. The monoisotopic (exact) mass is 150 g/mol. The first-order valence-corrected chi connectivity index (χ1v) is 3.91. The maximum Gasteiger partial charge on any atom is 0.0300 e. The van der Waals surface area contributed by atoms with E-state index in [-0.39, 0.29) is 6.04 Å². The molecule has 2 nitrogen and oxygen atoms in total. The number of aryl methyl sites for hydroxylation is 1. The van der Waals surface area contributed by atoms with Gasteiger partial charge in [0.2, 0.25) is 0 Å². The third-order valence-corrected chi connectivity index (χ3v) is 1.90. The second kappa shape index (κ2) is 3.49. The molecule has 0 fully saturated rings. The molecule has 0 spiro atoms. The van der Waals surface area contributed by atoms with Crippen LogP contribution in [0.1, 0.15) is 30.5 Å². The van der Waals surface area contributed by atoms with Gasteiger partial charge in [-0.1, -0.05) is 6.92 Å². The van der Waals surface area contributed by atoms with E-state index >= 15 is 0 Å². The van der Waals surface area contributed by atoms with Crippen molar-refractivity contribution in [3.8, 4) is 0 Å². The van der Waals surface area contributed by atoms with Gasteiger partial charge in [-0.25, -0.2) is 0 Å². The van der Waals surface area contributed by atoms with Crippen LogP contribution in [0.4, 0.5) is 0 Å². The molecule has 0 aliphatic rings. The molecule has 0 saturated carbocycles. The normalized spacial score (nSPS) is 13.0. The van der Waals surface area contributed by atoms with E-state index in [1.165, 1.54) is 11.1 Å². The lowest BCUT2D eigenvalue weighted by Crippen LogP contribution is -2.10. The molecule has 60 valence electrons. The zero-order valence-electron chi connectivity index (χ0n) is 7.04. The van der Waals surface area contributed by atoms with Gasteiger partial charge in [0, 0.05) is 18.4 Å². The Morgan fingerprint density at radius 1 is 1.64 bits per heavy atom. The maximum atomic E-state index is 5.87. The number of aromatic nitrogens is 1. The van der Waals surface area contributed by atoms with Crippen molar-refractivity contribution in [2.45, 2.75) is 26.3 Å². The van der Waals surface area contributed by atoms with Gasteiger partial charge >= 0.3 is 0 Å². The average molecular weight is 150 g/mol. The van der Waals surface area contributed by atoms with E-state index < -0.39 is 0 Å². The van der Waals surface area contributed by atoms with Gasteiger partial charge in [0.05, 0.1) is 0 Å². The molecule has 1 heterocycles. The van der Waals surface area contributed by atoms with Gasteiger partial charge in [0.15, 0.2) is 0 Å². The lowest BCUT2D eigenvalue weighted by molar-refractivity contribution is 0.692. The summed E-state index contributed by atoms with van der Waals surface area (Å²) >= 11 is 0. The topological polar surface area (TPSA) is 38.9 Å². The SMILES string of the molecule is CC[C@H](N)c1ccncc1C. The maximum absolute atomic E-state index is 5.87. The number of nitrogens with two attached hydrogens (primary N) is 1. The predicted octanol–water partition coefficient (Wildman–Crippen LogP) is 1.80. The summed E-state index contributed by atoms with van der Waals surface area (Å²) in [6, 6.07) is 2.15. The average Bonchev–Trinajstić information content (AvgIpc) is 2.04. The van der Waals surface area contributed by atoms with Gasteiger partial charge in [-0.2, -0.15) is 0 Å². The van der Waals surface area contributed by atoms with Gasteiger partial charge in [-0.05, 0) is 30.5 Å². The smallest absolute Gasteiger partial charge is 0.0300 e. The van der Waals surface area contributed by atoms with Crippen LogP contribution in [-0.2, 0) is 0 Å². The fourth-order valence-electron chi connectivity index (χ4n) is 1.12. The second-order valence-electron chi connectivity index (χ2n) is 2.75. The molecule has 1 rings (SSSR count). The molecule has 11 heavy (non-hydrogen) atoms. The van der Waals surface area contributed by atoms with E-state index in [0.717, 1.165) is 6.42 Å². The lowest BCUT2D eigenvalue weighted by atomic mass is 10.0. The highest BCUT2D eigenvalue weighted by Gasteiger charge is 2.04. The molecule has 0 saturated heterocycles. The van der Waals surface area contributed by atoms with Crippen LogP contribution in [0.2, 0.25) is 0 Å². The molecule has 2 heteroatoms. The quantitative estimate of drug-likeness (QED) is 0.698. The summed E-state index contributed by atoms with van der Waals surface area (Å²) in [6.07, 6.45) is 4.62. The van der Waals surface area contributed by atoms with Crippen molar-refractivity contribution in [1.29, 1.82) is 0 Å².